The number of hydrogen-bond acceptors (Lipinski definition) is 3. The smallest absolute Gasteiger partial charge is 0.146 e. The van der Waals surface area contributed by atoms with E-state index >= 15 is 0 Å². The number of ether oxygens (including phenoxy) is 1. The van der Waals surface area contributed by atoms with Crippen molar-refractivity contribution in [3.63, 3.8) is 0 Å². The topological polar surface area (TPSA) is 55.5 Å². The van der Waals surface area contributed by atoms with E-state index in [1.54, 1.807) is 24.3 Å². The summed E-state index contributed by atoms with van der Waals surface area (Å²) in [7, 11) is 0. The van der Waals surface area contributed by atoms with Crippen LogP contribution in [0.15, 0.2) is 42.5 Å². The van der Waals surface area contributed by atoms with Crippen LogP contribution in [0.3, 0.4) is 0 Å². The Morgan fingerprint density at radius 1 is 1.18 bits per heavy atom. The van der Waals surface area contributed by atoms with E-state index in [0.29, 0.717) is 11.3 Å². The second-order valence-electron chi connectivity index (χ2n) is 3.61. The first-order chi connectivity index (χ1) is 8.16. The van der Waals surface area contributed by atoms with Crippen LogP contribution in [0.2, 0.25) is 0 Å². The number of halogens is 1. The van der Waals surface area contributed by atoms with E-state index in [1.165, 1.54) is 18.2 Å². The molecular formula is C13H12FNO2. The summed E-state index contributed by atoms with van der Waals surface area (Å²) in [6, 6.07) is 10.9. The third-order valence-corrected chi connectivity index (χ3v) is 2.33. The van der Waals surface area contributed by atoms with Gasteiger partial charge in [-0.2, -0.15) is 0 Å². The average molecular weight is 233 g/mol. The molecule has 0 heterocycles. The quantitative estimate of drug-likeness (QED) is 0.633. The van der Waals surface area contributed by atoms with E-state index in [4.69, 9.17) is 10.5 Å². The highest BCUT2D eigenvalue weighted by molar-refractivity contribution is 5.61. The lowest BCUT2D eigenvalue weighted by molar-refractivity contribution is 0.306. The number of rotatable bonds is 3. The molecule has 0 aliphatic rings. The van der Waals surface area contributed by atoms with Crippen LogP contribution in [-0.4, -0.2) is 5.11 Å². The number of nitrogen functional groups attached to an aromatic ring is 1. The molecule has 3 nitrogen and oxygen atoms in total. The van der Waals surface area contributed by atoms with Crippen molar-refractivity contribution < 1.29 is 14.2 Å². The molecule has 0 saturated carbocycles. The van der Waals surface area contributed by atoms with Crippen LogP contribution < -0.4 is 10.5 Å². The van der Waals surface area contributed by atoms with E-state index < -0.39 is 0 Å². The lowest BCUT2D eigenvalue weighted by Crippen LogP contribution is -1.99. The van der Waals surface area contributed by atoms with E-state index in [9.17, 15) is 9.50 Å². The molecule has 2 rings (SSSR count). The molecule has 2 aromatic rings. The Balaban J connectivity index is 2.10. The molecule has 17 heavy (non-hydrogen) atoms. The molecule has 0 unspecified atom stereocenters. The van der Waals surface area contributed by atoms with Gasteiger partial charge in [-0.05, 0) is 29.8 Å². The molecule has 0 atom stereocenters. The molecule has 0 aliphatic carbocycles. The fourth-order valence-corrected chi connectivity index (χ4v) is 1.45. The molecule has 4 heteroatoms. The highest BCUT2D eigenvalue weighted by atomic mass is 19.1. The van der Waals surface area contributed by atoms with Crippen molar-refractivity contribution >= 4 is 5.69 Å². The highest BCUT2D eigenvalue weighted by Gasteiger charge is 2.05. The van der Waals surface area contributed by atoms with Crippen molar-refractivity contribution in [3.8, 4) is 11.5 Å². The van der Waals surface area contributed by atoms with Gasteiger partial charge in [0.15, 0.2) is 0 Å². The first kappa shape index (κ1) is 11.3. The number of aromatic hydroxyl groups is 1. The predicted molar refractivity (Wildman–Crippen MR) is 63.3 cm³/mol. The Morgan fingerprint density at radius 3 is 2.71 bits per heavy atom. The fourth-order valence-electron chi connectivity index (χ4n) is 1.45. The van der Waals surface area contributed by atoms with Gasteiger partial charge in [-0.15, -0.1) is 0 Å². The lowest BCUT2D eigenvalue weighted by atomic mass is 10.2. The summed E-state index contributed by atoms with van der Waals surface area (Å²) in [5.74, 6) is 0.0472. The second-order valence-corrected chi connectivity index (χ2v) is 3.61. The number of anilines is 1. The number of nitrogens with two attached hydrogens (primary N) is 1. The molecule has 0 fully saturated rings. The third kappa shape index (κ3) is 2.66. The minimum absolute atomic E-state index is 0.0262. The molecule has 3 N–H and O–H groups in total. The number of phenolic OH excluding ortho intramolecular Hbond substituents is 1. The van der Waals surface area contributed by atoms with Gasteiger partial charge in [0.05, 0.1) is 0 Å². The molecule has 2 aromatic carbocycles. The van der Waals surface area contributed by atoms with Crippen LogP contribution in [-0.2, 0) is 6.61 Å². The van der Waals surface area contributed by atoms with Gasteiger partial charge in [-0.25, -0.2) is 4.39 Å². The Labute approximate surface area is 98.3 Å². The standard InChI is InChI=1S/C13H12FNO2/c14-10-4-1-3-9(7-10)8-17-12-6-2-5-11(16)13(12)15/h1-7,16H,8,15H2. The number of para-hydroxylation sites is 1. The van der Waals surface area contributed by atoms with Crippen LogP contribution in [0.1, 0.15) is 5.56 Å². The minimum Gasteiger partial charge on any atom is -0.506 e. The van der Waals surface area contributed by atoms with Crippen LogP contribution >= 0.6 is 0 Å². The summed E-state index contributed by atoms with van der Waals surface area (Å²) >= 11 is 0. The molecular weight excluding hydrogens is 221 g/mol. The lowest BCUT2D eigenvalue weighted by Gasteiger charge is -2.09. The maximum absolute atomic E-state index is 12.9. The molecule has 0 spiro atoms. The van der Waals surface area contributed by atoms with E-state index in [0.717, 1.165) is 0 Å². The van der Waals surface area contributed by atoms with Crippen molar-refractivity contribution in [1.29, 1.82) is 0 Å². The summed E-state index contributed by atoms with van der Waals surface area (Å²) in [5.41, 5.74) is 6.51. The predicted octanol–water partition coefficient (Wildman–Crippen LogP) is 2.69. The summed E-state index contributed by atoms with van der Waals surface area (Å²) < 4.78 is 18.3. The summed E-state index contributed by atoms with van der Waals surface area (Å²) in [6.07, 6.45) is 0. The summed E-state index contributed by atoms with van der Waals surface area (Å²) in [4.78, 5) is 0. The van der Waals surface area contributed by atoms with Crippen LogP contribution in [0.4, 0.5) is 10.1 Å². The zero-order valence-electron chi connectivity index (χ0n) is 9.06. The zero-order valence-corrected chi connectivity index (χ0v) is 9.06. The van der Waals surface area contributed by atoms with Gasteiger partial charge >= 0.3 is 0 Å². The highest BCUT2D eigenvalue weighted by Crippen LogP contribution is 2.30. The number of benzene rings is 2. The third-order valence-electron chi connectivity index (χ3n) is 2.33. The van der Waals surface area contributed by atoms with Crippen LogP contribution in [0, 0.1) is 5.82 Å². The molecule has 88 valence electrons. The van der Waals surface area contributed by atoms with Crippen molar-refractivity contribution in [2.45, 2.75) is 6.61 Å². The van der Waals surface area contributed by atoms with E-state index in [1.807, 2.05) is 0 Å². The monoisotopic (exact) mass is 233 g/mol. The molecule has 0 radical (unpaired) electrons. The maximum Gasteiger partial charge on any atom is 0.146 e. The van der Waals surface area contributed by atoms with Crippen molar-refractivity contribution in [2.24, 2.45) is 0 Å². The Bertz CT molecular complexity index is 529. The van der Waals surface area contributed by atoms with E-state index in [-0.39, 0.29) is 23.9 Å². The maximum atomic E-state index is 12.9. The van der Waals surface area contributed by atoms with Crippen molar-refractivity contribution in [1.82, 2.24) is 0 Å². The number of phenols is 1. The first-order valence-corrected chi connectivity index (χ1v) is 5.11. The molecule has 0 amide bonds. The van der Waals surface area contributed by atoms with Gasteiger partial charge in [0.2, 0.25) is 0 Å². The zero-order chi connectivity index (χ0) is 12.3. The largest absolute Gasteiger partial charge is 0.506 e. The molecule has 0 bridgehead atoms. The summed E-state index contributed by atoms with van der Waals surface area (Å²) in [6.45, 7) is 0.200. The molecule has 0 aromatic heterocycles. The van der Waals surface area contributed by atoms with Crippen LogP contribution in [0.25, 0.3) is 0 Å². The second kappa shape index (κ2) is 4.74. The Kier molecular flexibility index (Phi) is 3.14. The Morgan fingerprint density at radius 2 is 1.94 bits per heavy atom. The number of hydrogen-bond donors (Lipinski definition) is 2. The first-order valence-electron chi connectivity index (χ1n) is 5.11. The Hall–Kier alpha value is -2.23. The van der Waals surface area contributed by atoms with Gasteiger partial charge in [0, 0.05) is 0 Å². The minimum atomic E-state index is -0.310. The van der Waals surface area contributed by atoms with Gasteiger partial charge in [0.1, 0.15) is 29.6 Å². The SMILES string of the molecule is Nc1c(O)cccc1OCc1cccc(F)c1. The van der Waals surface area contributed by atoms with Gasteiger partial charge in [-0.1, -0.05) is 18.2 Å². The van der Waals surface area contributed by atoms with Crippen molar-refractivity contribution in [3.05, 3.63) is 53.8 Å². The van der Waals surface area contributed by atoms with Crippen molar-refractivity contribution in [2.75, 3.05) is 5.73 Å². The van der Waals surface area contributed by atoms with Gasteiger partial charge in [0.25, 0.3) is 0 Å². The normalized spacial score (nSPS) is 10.2. The molecule has 0 saturated heterocycles. The van der Waals surface area contributed by atoms with Gasteiger partial charge < -0.3 is 15.6 Å². The average Bonchev–Trinajstić information content (AvgIpc) is 2.31. The van der Waals surface area contributed by atoms with Gasteiger partial charge in [-0.3, -0.25) is 0 Å². The molecule has 0 aliphatic heterocycles. The fraction of sp³-hybridized carbons (Fsp3) is 0.0769. The van der Waals surface area contributed by atoms with Crippen LogP contribution in [0.5, 0.6) is 11.5 Å². The van der Waals surface area contributed by atoms with E-state index in [2.05, 4.69) is 0 Å². The summed E-state index contributed by atoms with van der Waals surface area (Å²) in [5, 5.41) is 9.38.